The first-order valence-corrected chi connectivity index (χ1v) is 6.60. The number of pyridine rings is 1. The van der Waals surface area contributed by atoms with Gasteiger partial charge >= 0.3 is 0 Å². The molecule has 1 aromatic carbocycles. The summed E-state index contributed by atoms with van der Waals surface area (Å²) in [6, 6.07) is 12.2. The quantitative estimate of drug-likeness (QED) is 0.906. The molecule has 1 unspecified atom stereocenters. The van der Waals surface area contributed by atoms with Gasteiger partial charge in [0.25, 0.3) is 0 Å². The lowest BCUT2D eigenvalue weighted by Gasteiger charge is -2.25. The van der Waals surface area contributed by atoms with Crippen LogP contribution in [-0.4, -0.2) is 30.5 Å². The van der Waals surface area contributed by atoms with Crippen molar-refractivity contribution in [3.05, 3.63) is 59.4 Å². The van der Waals surface area contributed by atoms with Gasteiger partial charge in [0.15, 0.2) is 0 Å². The Kier molecular flexibility index (Phi) is 4.77. The molecule has 0 fully saturated rings. The molecule has 1 N–H and O–H groups in total. The molecule has 3 nitrogen and oxygen atoms in total. The molecule has 0 amide bonds. The summed E-state index contributed by atoms with van der Waals surface area (Å²) in [5.41, 5.74) is 2.33. The summed E-state index contributed by atoms with van der Waals surface area (Å²) in [5, 5.41) is 4.19. The fourth-order valence-corrected chi connectivity index (χ4v) is 2.09. The van der Waals surface area contributed by atoms with E-state index in [9.17, 15) is 0 Å². The van der Waals surface area contributed by atoms with Gasteiger partial charge in [-0.3, -0.25) is 4.98 Å². The van der Waals surface area contributed by atoms with Gasteiger partial charge in [-0.1, -0.05) is 23.7 Å². The van der Waals surface area contributed by atoms with Gasteiger partial charge in [-0.15, -0.1) is 0 Å². The molecule has 0 aliphatic heterocycles. The van der Waals surface area contributed by atoms with E-state index in [0.29, 0.717) is 6.04 Å². The monoisotopic (exact) mass is 275 g/mol. The minimum absolute atomic E-state index is 0.297. The lowest BCUT2D eigenvalue weighted by molar-refractivity contribution is 0.312. The smallest absolute Gasteiger partial charge is 0.0515 e. The van der Waals surface area contributed by atoms with E-state index in [4.69, 9.17) is 11.6 Å². The van der Waals surface area contributed by atoms with E-state index >= 15 is 0 Å². The predicted molar refractivity (Wildman–Crippen MR) is 80.6 cm³/mol. The molecule has 0 saturated carbocycles. The van der Waals surface area contributed by atoms with E-state index in [2.05, 4.69) is 41.4 Å². The number of nitrogens with zero attached hydrogens (tertiary/aromatic N) is 2. The lowest BCUT2D eigenvalue weighted by atomic mass is 10.1. The zero-order valence-corrected chi connectivity index (χ0v) is 11.9. The number of anilines is 1. The molecule has 19 heavy (non-hydrogen) atoms. The van der Waals surface area contributed by atoms with Crippen LogP contribution in [0, 0.1) is 0 Å². The van der Waals surface area contributed by atoms with Crippen LogP contribution in [0.4, 0.5) is 5.69 Å². The summed E-state index contributed by atoms with van der Waals surface area (Å²) in [6.45, 7) is 0.832. The average molecular weight is 276 g/mol. The molecule has 0 aliphatic carbocycles. The molecule has 0 radical (unpaired) electrons. The van der Waals surface area contributed by atoms with Crippen LogP contribution in [0.2, 0.25) is 5.02 Å². The van der Waals surface area contributed by atoms with Gasteiger partial charge in [0.1, 0.15) is 0 Å². The number of halogens is 1. The summed E-state index contributed by atoms with van der Waals surface area (Å²) < 4.78 is 0. The Morgan fingerprint density at radius 1 is 1.11 bits per heavy atom. The van der Waals surface area contributed by atoms with E-state index in [1.165, 1.54) is 5.56 Å². The molecule has 1 atom stereocenters. The molecule has 0 spiro atoms. The second-order valence-corrected chi connectivity index (χ2v) is 5.08. The topological polar surface area (TPSA) is 28.2 Å². The van der Waals surface area contributed by atoms with Crippen molar-refractivity contribution in [2.45, 2.75) is 6.04 Å². The molecule has 4 heteroatoms. The van der Waals surface area contributed by atoms with Crippen molar-refractivity contribution in [3.8, 4) is 0 Å². The van der Waals surface area contributed by atoms with E-state index in [-0.39, 0.29) is 0 Å². The molecular formula is C15H18ClN3. The third kappa shape index (κ3) is 3.94. The van der Waals surface area contributed by atoms with Crippen molar-refractivity contribution in [1.29, 1.82) is 0 Å². The van der Waals surface area contributed by atoms with E-state index in [0.717, 1.165) is 17.3 Å². The highest BCUT2D eigenvalue weighted by Gasteiger charge is 2.13. The van der Waals surface area contributed by atoms with Crippen LogP contribution in [0.5, 0.6) is 0 Å². The second-order valence-electron chi connectivity index (χ2n) is 4.65. The van der Waals surface area contributed by atoms with Crippen LogP contribution < -0.4 is 5.32 Å². The van der Waals surface area contributed by atoms with Crippen LogP contribution in [0.1, 0.15) is 11.6 Å². The van der Waals surface area contributed by atoms with Crippen molar-refractivity contribution < 1.29 is 0 Å². The van der Waals surface area contributed by atoms with Crippen molar-refractivity contribution >= 4 is 17.3 Å². The minimum Gasteiger partial charge on any atom is -0.383 e. The largest absolute Gasteiger partial charge is 0.383 e. The molecule has 1 aromatic heterocycles. The highest BCUT2D eigenvalue weighted by Crippen LogP contribution is 2.21. The maximum Gasteiger partial charge on any atom is 0.0515 e. The molecule has 100 valence electrons. The van der Waals surface area contributed by atoms with Crippen LogP contribution in [0.3, 0.4) is 0 Å². The zero-order valence-electron chi connectivity index (χ0n) is 11.2. The maximum absolute atomic E-state index is 5.93. The third-order valence-electron chi connectivity index (χ3n) is 3.06. The highest BCUT2D eigenvalue weighted by molar-refractivity contribution is 6.30. The van der Waals surface area contributed by atoms with Gasteiger partial charge < -0.3 is 10.2 Å². The Bertz CT molecular complexity index is 497. The fourth-order valence-electron chi connectivity index (χ4n) is 1.97. The van der Waals surface area contributed by atoms with Gasteiger partial charge in [0.05, 0.1) is 6.04 Å². The number of nitrogens with one attached hydrogen (secondary N) is 1. The normalized spacial score (nSPS) is 12.4. The lowest BCUT2D eigenvalue weighted by Crippen LogP contribution is -2.26. The van der Waals surface area contributed by atoms with Crippen LogP contribution >= 0.6 is 11.6 Å². The van der Waals surface area contributed by atoms with E-state index in [1.54, 1.807) is 12.4 Å². The number of rotatable bonds is 5. The van der Waals surface area contributed by atoms with Gasteiger partial charge in [-0.25, -0.2) is 0 Å². The van der Waals surface area contributed by atoms with Gasteiger partial charge in [-0.05, 0) is 43.9 Å². The Hall–Kier alpha value is -1.58. The van der Waals surface area contributed by atoms with Gasteiger partial charge in [0.2, 0.25) is 0 Å². The van der Waals surface area contributed by atoms with Crippen LogP contribution in [0.25, 0.3) is 0 Å². The standard InChI is InChI=1S/C15H18ClN3/c1-19(2)15(12-3-5-13(16)6-4-12)11-18-14-7-9-17-10-8-14/h3-10,15H,11H2,1-2H3,(H,17,18). The van der Waals surface area contributed by atoms with E-state index in [1.807, 2.05) is 24.3 Å². The van der Waals surface area contributed by atoms with Crippen molar-refractivity contribution in [2.24, 2.45) is 0 Å². The summed E-state index contributed by atoms with van der Waals surface area (Å²) >= 11 is 5.93. The highest BCUT2D eigenvalue weighted by atomic mass is 35.5. The Balaban J connectivity index is 2.06. The Morgan fingerprint density at radius 2 is 1.74 bits per heavy atom. The second kappa shape index (κ2) is 6.55. The van der Waals surface area contributed by atoms with Gasteiger partial charge in [0, 0.05) is 29.6 Å². The zero-order chi connectivity index (χ0) is 13.7. The number of aromatic nitrogens is 1. The van der Waals surface area contributed by atoms with Crippen molar-refractivity contribution in [1.82, 2.24) is 9.88 Å². The third-order valence-corrected chi connectivity index (χ3v) is 3.31. The average Bonchev–Trinajstić information content (AvgIpc) is 2.42. The summed E-state index contributed by atoms with van der Waals surface area (Å²) in [4.78, 5) is 6.20. The summed E-state index contributed by atoms with van der Waals surface area (Å²) in [7, 11) is 4.15. The molecule has 2 rings (SSSR count). The molecule has 0 bridgehead atoms. The molecule has 0 saturated heterocycles. The minimum atomic E-state index is 0.297. The van der Waals surface area contributed by atoms with Crippen molar-refractivity contribution in [3.63, 3.8) is 0 Å². The first-order valence-electron chi connectivity index (χ1n) is 6.22. The van der Waals surface area contributed by atoms with E-state index < -0.39 is 0 Å². The van der Waals surface area contributed by atoms with Crippen LogP contribution in [-0.2, 0) is 0 Å². The number of benzene rings is 1. The summed E-state index contributed by atoms with van der Waals surface area (Å²) in [6.07, 6.45) is 3.57. The maximum atomic E-state index is 5.93. The van der Waals surface area contributed by atoms with Crippen LogP contribution in [0.15, 0.2) is 48.8 Å². The van der Waals surface area contributed by atoms with Gasteiger partial charge in [-0.2, -0.15) is 0 Å². The predicted octanol–water partition coefficient (Wildman–Crippen LogP) is 3.45. The number of hydrogen-bond donors (Lipinski definition) is 1. The molecule has 1 heterocycles. The fraction of sp³-hybridized carbons (Fsp3) is 0.267. The first kappa shape index (κ1) is 13.8. The Morgan fingerprint density at radius 3 is 2.32 bits per heavy atom. The molecular weight excluding hydrogens is 258 g/mol. The number of hydrogen-bond acceptors (Lipinski definition) is 3. The molecule has 0 aliphatic rings. The van der Waals surface area contributed by atoms with Crippen molar-refractivity contribution in [2.75, 3.05) is 26.0 Å². The SMILES string of the molecule is CN(C)C(CNc1ccncc1)c1ccc(Cl)cc1. The Labute approximate surface area is 119 Å². The molecule has 2 aromatic rings. The number of likely N-dealkylation sites (N-methyl/N-ethyl adjacent to an activating group) is 1. The summed E-state index contributed by atoms with van der Waals surface area (Å²) in [5.74, 6) is 0. The first-order chi connectivity index (χ1) is 9.16.